The summed E-state index contributed by atoms with van der Waals surface area (Å²) in [7, 11) is -1.20. The van der Waals surface area contributed by atoms with Crippen molar-refractivity contribution in [3.8, 4) is 5.75 Å². The molecule has 0 heterocycles. The topological polar surface area (TPSA) is 52.3 Å². The van der Waals surface area contributed by atoms with Gasteiger partial charge in [-0.05, 0) is 36.4 Å². The van der Waals surface area contributed by atoms with Crippen LogP contribution in [0.15, 0.2) is 51.8 Å². The number of hydrogen-bond donors (Lipinski definition) is 1. The number of halogens is 2. The van der Waals surface area contributed by atoms with E-state index in [9.17, 15) is 4.21 Å². The van der Waals surface area contributed by atoms with Crippen molar-refractivity contribution >= 4 is 44.0 Å². The highest BCUT2D eigenvalue weighted by Gasteiger charge is 2.08. The van der Waals surface area contributed by atoms with Gasteiger partial charge in [-0.25, -0.2) is 0 Å². The van der Waals surface area contributed by atoms with E-state index in [1.54, 1.807) is 18.2 Å². The molecule has 0 fully saturated rings. The molecule has 0 aliphatic rings. The molecule has 6 heteroatoms. The molecule has 2 aromatic carbocycles. The van der Waals surface area contributed by atoms with Crippen molar-refractivity contribution < 1.29 is 8.95 Å². The zero-order valence-electron chi connectivity index (χ0n) is 10.5. The maximum atomic E-state index is 12.1. The van der Waals surface area contributed by atoms with E-state index in [1.807, 2.05) is 24.3 Å². The molecule has 0 aromatic heterocycles. The molecule has 1 atom stereocenters. The highest BCUT2D eigenvalue weighted by atomic mass is 79.9. The summed E-state index contributed by atoms with van der Waals surface area (Å²) in [5.74, 6) is 1.11. The van der Waals surface area contributed by atoms with Crippen LogP contribution in [0.5, 0.6) is 5.75 Å². The van der Waals surface area contributed by atoms with Crippen LogP contribution in [0.25, 0.3) is 0 Å². The van der Waals surface area contributed by atoms with Gasteiger partial charge in [0.2, 0.25) is 0 Å². The second kappa shape index (κ2) is 7.11. The lowest BCUT2D eigenvalue weighted by Crippen LogP contribution is -2.10. The lowest BCUT2D eigenvalue weighted by atomic mass is 10.3. The molecule has 0 saturated carbocycles. The smallest absolute Gasteiger partial charge is 0.120 e. The molecule has 0 aliphatic heterocycles. The normalized spacial score (nSPS) is 12.1. The first-order valence-corrected chi connectivity index (χ1v) is 8.37. The van der Waals surface area contributed by atoms with E-state index in [0.717, 1.165) is 10.2 Å². The third kappa shape index (κ3) is 4.23. The van der Waals surface area contributed by atoms with Gasteiger partial charge in [0.1, 0.15) is 12.4 Å². The third-order valence-corrected chi connectivity index (χ3v) is 4.68. The molecule has 1 unspecified atom stereocenters. The molecule has 2 rings (SSSR count). The van der Waals surface area contributed by atoms with Gasteiger partial charge in [0.25, 0.3) is 0 Å². The second-order valence-electron chi connectivity index (χ2n) is 4.04. The molecule has 20 heavy (non-hydrogen) atoms. The van der Waals surface area contributed by atoms with Crippen molar-refractivity contribution in [2.45, 2.75) is 4.90 Å². The fourth-order valence-electron chi connectivity index (χ4n) is 1.63. The summed E-state index contributed by atoms with van der Waals surface area (Å²) >= 11 is 9.18. The molecule has 0 amide bonds. The van der Waals surface area contributed by atoms with Gasteiger partial charge in [0.05, 0.1) is 21.4 Å². The lowest BCUT2D eigenvalue weighted by molar-refractivity contribution is 0.342. The maximum Gasteiger partial charge on any atom is 0.120 e. The zero-order chi connectivity index (χ0) is 14.5. The van der Waals surface area contributed by atoms with Crippen LogP contribution >= 0.6 is 27.5 Å². The number of rotatable bonds is 5. The molecule has 3 nitrogen and oxygen atoms in total. The molecular formula is C14H13BrClNO2S. The van der Waals surface area contributed by atoms with Gasteiger partial charge in [0.15, 0.2) is 0 Å². The summed E-state index contributed by atoms with van der Waals surface area (Å²) in [6.07, 6.45) is 0. The minimum Gasteiger partial charge on any atom is -0.493 e. The van der Waals surface area contributed by atoms with E-state index in [1.165, 1.54) is 0 Å². The fraction of sp³-hybridized carbons (Fsp3) is 0.143. The Kier molecular flexibility index (Phi) is 5.46. The number of nitrogen functional groups attached to an aromatic ring is 1. The standard InChI is InChI=1S/C14H13BrClNO2S/c15-10-2-1-3-12(8-10)19-6-7-20(18)14-5-4-11(16)9-13(14)17/h1-5,8-9H,6-7,17H2. The Morgan fingerprint density at radius 2 is 2.05 bits per heavy atom. The fourth-order valence-corrected chi connectivity index (χ4v) is 3.18. The number of nitrogens with two attached hydrogens (primary N) is 1. The summed E-state index contributed by atoms with van der Waals surface area (Å²) in [4.78, 5) is 0.590. The molecule has 0 spiro atoms. The number of ether oxygens (including phenoxy) is 1. The lowest BCUT2D eigenvalue weighted by Gasteiger charge is -2.08. The van der Waals surface area contributed by atoms with Gasteiger partial charge in [-0.1, -0.05) is 33.6 Å². The third-order valence-electron chi connectivity index (χ3n) is 2.55. The van der Waals surface area contributed by atoms with E-state index in [-0.39, 0.29) is 0 Å². The van der Waals surface area contributed by atoms with E-state index in [0.29, 0.717) is 28.0 Å². The predicted octanol–water partition coefficient (Wildman–Crippen LogP) is 3.87. The molecule has 0 bridgehead atoms. The molecule has 2 N–H and O–H groups in total. The SMILES string of the molecule is Nc1cc(Cl)ccc1S(=O)CCOc1cccc(Br)c1. The summed E-state index contributed by atoms with van der Waals surface area (Å²) in [6, 6.07) is 12.5. The average molecular weight is 375 g/mol. The molecule has 106 valence electrons. The summed E-state index contributed by atoms with van der Waals surface area (Å²) in [6.45, 7) is 0.352. The van der Waals surface area contributed by atoms with E-state index < -0.39 is 10.8 Å². The van der Waals surface area contributed by atoms with Crippen molar-refractivity contribution in [1.29, 1.82) is 0 Å². The van der Waals surface area contributed by atoms with Gasteiger partial charge >= 0.3 is 0 Å². The van der Waals surface area contributed by atoms with Crippen LogP contribution in [0.4, 0.5) is 5.69 Å². The first-order valence-electron chi connectivity index (χ1n) is 5.88. The van der Waals surface area contributed by atoms with Gasteiger partial charge < -0.3 is 10.5 Å². The summed E-state index contributed by atoms with van der Waals surface area (Å²) in [5, 5.41) is 0.536. The average Bonchev–Trinajstić information content (AvgIpc) is 2.38. The van der Waals surface area contributed by atoms with Crippen LogP contribution in [-0.4, -0.2) is 16.6 Å². The van der Waals surface area contributed by atoms with Crippen molar-refractivity contribution in [2.24, 2.45) is 0 Å². The van der Waals surface area contributed by atoms with Crippen molar-refractivity contribution in [1.82, 2.24) is 0 Å². The van der Waals surface area contributed by atoms with E-state index in [4.69, 9.17) is 22.1 Å². The van der Waals surface area contributed by atoms with E-state index >= 15 is 0 Å². The van der Waals surface area contributed by atoms with Crippen molar-refractivity contribution in [3.63, 3.8) is 0 Å². The summed E-state index contributed by atoms with van der Waals surface area (Å²) < 4.78 is 18.6. The highest BCUT2D eigenvalue weighted by Crippen LogP contribution is 2.22. The Morgan fingerprint density at radius 1 is 1.25 bits per heavy atom. The molecule has 0 radical (unpaired) electrons. The molecule has 0 aliphatic carbocycles. The predicted molar refractivity (Wildman–Crippen MR) is 86.8 cm³/mol. The van der Waals surface area contributed by atoms with Crippen LogP contribution < -0.4 is 10.5 Å². The number of anilines is 1. The molecule has 0 saturated heterocycles. The second-order valence-corrected chi connectivity index (χ2v) is 6.93. The van der Waals surface area contributed by atoms with Gasteiger partial charge in [0, 0.05) is 15.2 Å². The van der Waals surface area contributed by atoms with Crippen LogP contribution in [0.2, 0.25) is 5.02 Å². The van der Waals surface area contributed by atoms with Crippen LogP contribution in [0.3, 0.4) is 0 Å². The Morgan fingerprint density at radius 3 is 2.75 bits per heavy atom. The van der Waals surface area contributed by atoms with Crippen molar-refractivity contribution in [2.75, 3.05) is 18.1 Å². The molecular weight excluding hydrogens is 362 g/mol. The monoisotopic (exact) mass is 373 g/mol. The molecule has 2 aromatic rings. The largest absolute Gasteiger partial charge is 0.493 e. The quantitative estimate of drug-likeness (QED) is 0.808. The highest BCUT2D eigenvalue weighted by molar-refractivity contribution is 9.10. The minimum atomic E-state index is -1.20. The van der Waals surface area contributed by atoms with Gasteiger partial charge in [-0.2, -0.15) is 0 Å². The first kappa shape index (κ1) is 15.4. The van der Waals surface area contributed by atoms with Crippen LogP contribution in [0, 0.1) is 0 Å². The Labute approximate surface area is 133 Å². The maximum absolute atomic E-state index is 12.1. The summed E-state index contributed by atoms with van der Waals surface area (Å²) in [5.41, 5.74) is 6.24. The number of hydrogen-bond acceptors (Lipinski definition) is 3. The minimum absolute atomic E-state index is 0.352. The Bertz CT molecular complexity index is 636. The van der Waals surface area contributed by atoms with Crippen LogP contribution in [0.1, 0.15) is 0 Å². The van der Waals surface area contributed by atoms with Gasteiger partial charge in [-0.3, -0.25) is 4.21 Å². The van der Waals surface area contributed by atoms with E-state index in [2.05, 4.69) is 15.9 Å². The van der Waals surface area contributed by atoms with Gasteiger partial charge in [-0.15, -0.1) is 0 Å². The van der Waals surface area contributed by atoms with Crippen molar-refractivity contribution in [3.05, 3.63) is 52.0 Å². The van der Waals surface area contributed by atoms with Crippen LogP contribution in [-0.2, 0) is 10.8 Å². The Balaban J connectivity index is 1.92. The Hall–Kier alpha value is -1.04. The first-order chi connectivity index (χ1) is 9.56. The zero-order valence-corrected chi connectivity index (χ0v) is 13.7. The number of benzene rings is 2.